The number of aliphatic hydroxyl groups excluding tert-OH is 1. The fourth-order valence-corrected chi connectivity index (χ4v) is 0.455. The van der Waals surface area contributed by atoms with E-state index in [1.165, 1.54) is 0 Å². The SMILES string of the molecule is [C-]#[N+]CC(C)OC(=O)NCO. The molecule has 0 aliphatic rings. The fourth-order valence-electron chi connectivity index (χ4n) is 0.455. The molecule has 2 N–H and O–H groups in total. The number of aliphatic hydroxyl groups is 1. The smallest absolute Gasteiger partial charge is 0.409 e. The summed E-state index contributed by atoms with van der Waals surface area (Å²) in [5.41, 5.74) is 0. The van der Waals surface area contributed by atoms with E-state index in [2.05, 4.69) is 9.58 Å². The standard InChI is InChI=1S/C6H10N2O3/c1-5(3-7-2)11-6(10)8-4-9/h5,9H,3-4H2,1H3,(H,8,10). The van der Waals surface area contributed by atoms with Crippen LogP contribution in [0.4, 0.5) is 4.79 Å². The van der Waals surface area contributed by atoms with Crippen LogP contribution in [0, 0.1) is 6.57 Å². The predicted molar refractivity (Wildman–Crippen MR) is 37.6 cm³/mol. The number of alkyl carbamates (subject to hydrolysis) is 1. The molecule has 0 fully saturated rings. The van der Waals surface area contributed by atoms with Crippen molar-refractivity contribution in [2.24, 2.45) is 0 Å². The summed E-state index contributed by atoms with van der Waals surface area (Å²) < 4.78 is 4.61. The van der Waals surface area contributed by atoms with Crippen LogP contribution in [-0.2, 0) is 4.74 Å². The normalized spacial score (nSPS) is 11.4. The first-order chi connectivity index (χ1) is 5.20. The van der Waals surface area contributed by atoms with Gasteiger partial charge in [0, 0.05) is 0 Å². The van der Waals surface area contributed by atoms with E-state index in [1.54, 1.807) is 6.92 Å². The quantitative estimate of drug-likeness (QED) is 0.448. The maximum Gasteiger partial charge on any atom is 0.409 e. The van der Waals surface area contributed by atoms with E-state index >= 15 is 0 Å². The number of carbonyl (C=O) groups is 1. The number of nitrogens with zero attached hydrogens (tertiary/aromatic N) is 1. The van der Waals surface area contributed by atoms with Gasteiger partial charge >= 0.3 is 6.09 Å². The lowest BCUT2D eigenvalue weighted by atomic mass is 10.4. The van der Waals surface area contributed by atoms with Crippen LogP contribution >= 0.6 is 0 Å². The number of hydrogen-bond donors (Lipinski definition) is 2. The van der Waals surface area contributed by atoms with Gasteiger partial charge < -0.3 is 14.7 Å². The summed E-state index contributed by atoms with van der Waals surface area (Å²) in [5, 5.41) is 10.2. The van der Waals surface area contributed by atoms with Crippen molar-refractivity contribution in [2.45, 2.75) is 13.0 Å². The van der Waals surface area contributed by atoms with Crippen LogP contribution in [-0.4, -0.2) is 30.6 Å². The highest BCUT2D eigenvalue weighted by Crippen LogP contribution is 1.91. The lowest BCUT2D eigenvalue weighted by Gasteiger charge is -2.06. The molecule has 0 heterocycles. The van der Waals surface area contributed by atoms with Gasteiger partial charge in [-0.05, 0) is 6.92 Å². The Balaban J connectivity index is 3.50. The maximum atomic E-state index is 10.5. The van der Waals surface area contributed by atoms with Gasteiger partial charge in [-0.2, -0.15) is 0 Å². The highest BCUT2D eigenvalue weighted by atomic mass is 16.6. The Morgan fingerprint density at radius 2 is 2.55 bits per heavy atom. The van der Waals surface area contributed by atoms with E-state index in [0.29, 0.717) is 0 Å². The van der Waals surface area contributed by atoms with E-state index in [0.717, 1.165) is 0 Å². The Bertz CT molecular complexity index is 164. The first-order valence-electron chi connectivity index (χ1n) is 3.09. The predicted octanol–water partition coefficient (Wildman–Crippen LogP) is -0.0298. The van der Waals surface area contributed by atoms with Crippen LogP contribution in [0.2, 0.25) is 0 Å². The molecule has 0 saturated heterocycles. The van der Waals surface area contributed by atoms with Crippen molar-refractivity contribution in [2.75, 3.05) is 13.3 Å². The van der Waals surface area contributed by atoms with Gasteiger partial charge in [0.25, 0.3) is 6.54 Å². The van der Waals surface area contributed by atoms with Gasteiger partial charge in [-0.3, -0.25) is 5.32 Å². The Morgan fingerprint density at radius 3 is 3.00 bits per heavy atom. The Labute approximate surface area is 64.8 Å². The average Bonchev–Trinajstić information content (AvgIpc) is 1.87. The van der Waals surface area contributed by atoms with E-state index in [1.807, 2.05) is 5.32 Å². The zero-order valence-electron chi connectivity index (χ0n) is 6.20. The first-order valence-corrected chi connectivity index (χ1v) is 3.09. The van der Waals surface area contributed by atoms with Crippen LogP contribution in [0.25, 0.3) is 4.85 Å². The van der Waals surface area contributed by atoms with Gasteiger partial charge in [0.05, 0.1) is 0 Å². The monoisotopic (exact) mass is 158 g/mol. The molecule has 62 valence electrons. The Morgan fingerprint density at radius 1 is 1.91 bits per heavy atom. The molecule has 11 heavy (non-hydrogen) atoms. The maximum absolute atomic E-state index is 10.5. The van der Waals surface area contributed by atoms with Crippen molar-refractivity contribution in [1.82, 2.24) is 5.32 Å². The highest BCUT2D eigenvalue weighted by Gasteiger charge is 2.09. The summed E-state index contributed by atoms with van der Waals surface area (Å²) in [6.45, 7) is 7.73. The van der Waals surface area contributed by atoms with Crippen LogP contribution < -0.4 is 5.32 Å². The van der Waals surface area contributed by atoms with Gasteiger partial charge in [-0.1, -0.05) is 0 Å². The number of ether oxygens (including phenoxy) is 1. The fraction of sp³-hybridized carbons (Fsp3) is 0.667. The molecule has 0 spiro atoms. The second-order valence-electron chi connectivity index (χ2n) is 1.89. The van der Waals surface area contributed by atoms with Crippen LogP contribution in [0.5, 0.6) is 0 Å². The molecule has 1 atom stereocenters. The Hall–Kier alpha value is -1.28. The zero-order chi connectivity index (χ0) is 8.69. The second kappa shape index (κ2) is 5.50. The Kier molecular flexibility index (Phi) is 4.86. The van der Waals surface area contributed by atoms with E-state index in [-0.39, 0.29) is 6.54 Å². The molecule has 1 unspecified atom stereocenters. The summed E-state index contributed by atoms with van der Waals surface area (Å²) in [4.78, 5) is 13.6. The number of amides is 1. The third-order valence-electron chi connectivity index (χ3n) is 0.880. The van der Waals surface area contributed by atoms with Crippen LogP contribution in [0.15, 0.2) is 0 Å². The third kappa shape index (κ3) is 5.18. The minimum Gasteiger partial charge on any atom is -0.439 e. The largest absolute Gasteiger partial charge is 0.439 e. The highest BCUT2D eigenvalue weighted by molar-refractivity contribution is 5.67. The molecular formula is C6H10N2O3. The number of hydrogen-bond acceptors (Lipinski definition) is 3. The van der Waals surface area contributed by atoms with Crippen LogP contribution in [0.1, 0.15) is 6.92 Å². The molecule has 0 aromatic rings. The molecule has 0 bridgehead atoms. The molecule has 0 aromatic carbocycles. The topological polar surface area (TPSA) is 62.9 Å². The average molecular weight is 158 g/mol. The van der Waals surface area contributed by atoms with Crippen molar-refractivity contribution in [3.8, 4) is 0 Å². The molecule has 0 aliphatic heterocycles. The van der Waals surface area contributed by atoms with Crippen molar-refractivity contribution < 1.29 is 14.6 Å². The molecule has 5 heteroatoms. The summed E-state index contributed by atoms with van der Waals surface area (Å²) in [5.74, 6) is 0. The van der Waals surface area contributed by atoms with E-state index in [9.17, 15) is 4.79 Å². The van der Waals surface area contributed by atoms with E-state index in [4.69, 9.17) is 11.7 Å². The minimum absolute atomic E-state index is 0.138. The number of rotatable bonds is 3. The van der Waals surface area contributed by atoms with Crippen LogP contribution in [0.3, 0.4) is 0 Å². The summed E-state index contributed by atoms with van der Waals surface area (Å²) in [7, 11) is 0. The number of nitrogens with one attached hydrogen (secondary N) is 1. The van der Waals surface area contributed by atoms with Crippen molar-refractivity contribution >= 4 is 6.09 Å². The number of carbonyl (C=O) groups excluding carboxylic acids is 1. The van der Waals surface area contributed by atoms with Crippen molar-refractivity contribution in [1.29, 1.82) is 0 Å². The molecule has 0 aliphatic carbocycles. The molecule has 0 saturated carbocycles. The lowest BCUT2D eigenvalue weighted by molar-refractivity contribution is 0.104. The summed E-state index contributed by atoms with van der Waals surface area (Å²) in [6.07, 6.45) is -1.14. The van der Waals surface area contributed by atoms with Gasteiger partial charge in [0.2, 0.25) is 0 Å². The third-order valence-corrected chi connectivity index (χ3v) is 0.880. The van der Waals surface area contributed by atoms with E-state index < -0.39 is 18.9 Å². The minimum atomic E-state index is -0.705. The second-order valence-corrected chi connectivity index (χ2v) is 1.89. The van der Waals surface area contributed by atoms with Gasteiger partial charge in [0.1, 0.15) is 6.73 Å². The molecular weight excluding hydrogens is 148 g/mol. The van der Waals surface area contributed by atoms with Crippen molar-refractivity contribution in [3.63, 3.8) is 0 Å². The van der Waals surface area contributed by atoms with Gasteiger partial charge in [-0.25, -0.2) is 11.4 Å². The molecule has 0 radical (unpaired) electrons. The van der Waals surface area contributed by atoms with Crippen molar-refractivity contribution in [3.05, 3.63) is 11.4 Å². The molecule has 5 nitrogen and oxygen atoms in total. The lowest BCUT2D eigenvalue weighted by Crippen LogP contribution is -2.29. The summed E-state index contributed by atoms with van der Waals surface area (Å²) in [6, 6.07) is 0. The summed E-state index contributed by atoms with van der Waals surface area (Å²) >= 11 is 0. The molecule has 0 rings (SSSR count). The molecule has 1 amide bonds. The van der Waals surface area contributed by atoms with Gasteiger partial charge in [-0.15, -0.1) is 0 Å². The first kappa shape index (κ1) is 9.72. The zero-order valence-corrected chi connectivity index (χ0v) is 6.20. The molecule has 0 aromatic heterocycles. The van der Waals surface area contributed by atoms with Gasteiger partial charge in [0.15, 0.2) is 6.10 Å².